The quantitative estimate of drug-likeness (QED) is 0.494. The van der Waals surface area contributed by atoms with E-state index in [1.807, 2.05) is 19.1 Å². The molecule has 1 fully saturated rings. The van der Waals surface area contributed by atoms with E-state index >= 15 is 0 Å². The van der Waals surface area contributed by atoms with Crippen LogP contribution in [0.1, 0.15) is 5.56 Å². The minimum atomic E-state index is -0.385. The Bertz CT molecular complexity index is 1170. The Labute approximate surface area is 203 Å². The Balaban J connectivity index is 1.46. The predicted octanol–water partition coefficient (Wildman–Crippen LogP) is 4.60. The van der Waals surface area contributed by atoms with Gasteiger partial charge in [-0.1, -0.05) is 11.6 Å². The predicted molar refractivity (Wildman–Crippen MR) is 132 cm³/mol. The zero-order chi connectivity index (χ0) is 24.1. The minimum absolute atomic E-state index is 0.385. The molecular formula is C24H26ClN5O4. The highest BCUT2D eigenvalue weighted by Crippen LogP contribution is 2.30. The van der Waals surface area contributed by atoms with Gasteiger partial charge >= 0.3 is 6.03 Å². The molecule has 0 spiro atoms. The van der Waals surface area contributed by atoms with Gasteiger partial charge in [0.2, 0.25) is 0 Å². The third-order valence-electron chi connectivity index (χ3n) is 5.41. The van der Waals surface area contributed by atoms with Crippen LogP contribution in [0, 0.1) is 6.92 Å². The number of rotatable bonds is 6. The van der Waals surface area contributed by atoms with Crippen molar-refractivity contribution in [2.24, 2.45) is 0 Å². The van der Waals surface area contributed by atoms with Gasteiger partial charge < -0.3 is 29.7 Å². The van der Waals surface area contributed by atoms with E-state index in [9.17, 15) is 4.79 Å². The summed E-state index contributed by atoms with van der Waals surface area (Å²) in [6.45, 7) is 4.74. The van der Waals surface area contributed by atoms with Crippen LogP contribution in [0.2, 0.25) is 5.15 Å². The maximum atomic E-state index is 12.4. The number of ether oxygens (including phenoxy) is 3. The number of carbonyl (C=O) groups is 1. The summed E-state index contributed by atoms with van der Waals surface area (Å²) in [7, 11) is 3.10. The lowest BCUT2D eigenvalue weighted by Crippen LogP contribution is -2.37. The number of amides is 2. The molecule has 2 N–H and O–H groups in total. The van der Waals surface area contributed by atoms with E-state index in [1.165, 1.54) is 7.11 Å². The van der Waals surface area contributed by atoms with Crippen molar-refractivity contribution in [2.75, 3.05) is 56.1 Å². The molecule has 1 aromatic heterocycles. The van der Waals surface area contributed by atoms with Crippen molar-refractivity contribution < 1.29 is 19.0 Å². The number of nitrogens with zero attached hydrogens (tertiary/aromatic N) is 3. The lowest BCUT2D eigenvalue weighted by atomic mass is 10.2. The van der Waals surface area contributed by atoms with Crippen LogP contribution in [0.5, 0.6) is 11.5 Å². The first kappa shape index (κ1) is 23.6. The molecule has 0 bridgehead atoms. The van der Waals surface area contributed by atoms with Crippen LogP contribution in [-0.4, -0.2) is 56.5 Å². The third kappa shape index (κ3) is 5.32. The van der Waals surface area contributed by atoms with E-state index in [4.69, 9.17) is 30.8 Å². The van der Waals surface area contributed by atoms with Crippen LogP contribution in [0.15, 0.2) is 42.5 Å². The van der Waals surface area contributed by atoms with E-state index in [0.29, 0.717) is 47.1 Å². The van der Waals surface area contributed by atoms with Crippen LogP contribution in [0.4, 0.5) is 22.0 Å². The monoisotopic (exact) mass is 483 g/mol. The number of hydrogen-bond acceptors (Lipinski definition) is 7. The number of halogens is 1. The van der Waals surface area contributed by atoms with E-state index in [2.05, 4.69) is 20.5 Å². The molecule has 1 saturated heterocycles. The molecule has 2 aromatic carbocycles. The molecule has 0 saturated carbocycles. The standard InChI is InChI=1S/C24H26ClN5O4/c1-15-21(25)28-22(29-23(15)30-10-12-34-13-11-30)16-4-6-17(7-5-16)26-24(31)27-18-8-9-19(32-2)20(14-18)33-3/h4-9,14H,10-13H2,1-3H3,(H2,26,27,31). The van der Waals surface area contributed by atoms with Gasteiger partial charge in [0.25, 0.3) is 0 Å². The number of nitrogens with one attached hydrogen (secondary N) is 2. The van der Waals surface area contributed by atoms with Gasteiger partial charge in [-0.2, -0.15) is 0 Å². The highest BCUT2D eigenvalue weighted by Gasteiger charge is 2.19. The van der Waals surface area contributed by atoms with E-state index < -0.39 is 0 Å². The molecule has 1 aliphatic rings. The van der Waals surface area contributed by atoms with Gasteiger partial charge in [0, 0.05) is 41.7 Å². The average molecular weight is 484 g/mol. The lowest BCUT2D eigenvalue weighted by Gasteiger charge is -2.29. The lowest BCUT2D eigenvalue weighted by molar-refractivity contribution is 0.122. The number of carbonyl (C=O) groups excluding carboxylic acids is 1. The molecule has 0 atom stereocenters. The summed E-state index contributed by atoms with van der Waals surface area (Å²) in [6.07, 6.45) is 0. The van der Waals surface area contributed by atoms with Crippen molar-refractivity contribution in [2.45, 2.75) is 6.92 Å². The molecule has 2 heterocycles. The molecule has 9 nitrogen and oxygen atoms in total. The zero-order valence-corrected chi connectivity index (χ0v) is 20.0. The molecule has 10 heteroatoms. The third-order valence-corrected chi connectivity index (χ3v) is 5.78. The molecule has 2 amide bonds. The molecule has 1 aliphatic heterocycles. The number of anilines is 3. The maximum Gasteiger partial charge on any atom is 0.323 e. The number of methoxy groups -OCH3 is 2. The topological polar surface area (TPSA) is 97.8 Å². The van der Waals surface area contributed by atoms with Crippen LogP contribution < -0.4 is 25.0 Å². The van der Waals surface area contributed by atoms with Crippen molar-refractivity contribution in [3.8, 4) is 22.9 Å². The summed E-state index contributed by atoms with van der Waals surface area (Å²) >= 11 is 6.41. The highest BCUT2D eigenvalue weighted by atomic mass is 35.5. The van der Waals surface area contributed by atoms with Crippen LogP contribution in [0.3, 0.4) is 0 Å². The van der Waals surface area contributed by atoms with Crippen molar-refractivity contribution in [1.29, 1.82) is 0 Å². The van der Waals surface area contributed by atoms with Gasteiger partial charge in [-0.05, 0) is 43.3 Å². The Morgan fingerprint density at radius 1 is 0.971 bits per heavy atom. The highest BCUT2D eigenvalue weighted by molar-refractivity contribution is 6.30. The number of benzene rings is 2. The fraction of sp³-hybridized carbons (Fsp3) is 0.292. The second-order valence-corrected chi connectivity index (χ2v) is 7.97. The number of hydrogen-bond donors (Lipinski definition) is 2. The number of urea groups is 1. The van der Waals surface area contributed by atoms with Gasteiger partial charge in [-0.3, -0.25) is 0 Å². The first-order valence-corrected chi connectivity index (χ1v) is 11.1. The second-order valence-electron chi connectivity index (χ2n) is 7.61. The molecule has 34 heavy (non-hydrogen) atoms. The molecule has 3 aromatic rings. The minimum Gasteiger partial charge on any atom is -0.493 e. The van der Waals surface area contributed by atoms with Crippen molar-refractivity contribution in [3.05, 3.63) is 53.2 Å². The first-order valence-electron chi connectivity index (χ1n) is 10.8. The Kier molecular flexibility index (Phi) is 7.34. The fourth-order valence-corrected chi connectivity index (χ4v) is 3.77. The normalized spacial score (nSPS) is 13.4. The average Bonchev–Trinajstić information content (AvgIpc) is 2.86. The van der Waals surface area contributed by atoms with Gasteiger partial charge in [0.05, 0.1) is 27.4 Å². The van der Waals surface area contributed by atoms with Gasteiger partial charge in [-0.25, -0.2) is 14.8 Å². The summed E-state index contributed by atoms with van der Waals surface area (Å²) in [5, 5.41) is 6.00. The Morgan fingerprint density at radius 3 is 2.29 bits per heavy atom. The Morgan fingerprint density at radius 2 is 1.62 bits per heavy atom. The number of morpholine rings is 1. The molecule has 4 rings (SSSR count). The van der Waals surface area contributed by atoms with Crippen LogP contribution in [-0.2, 0) is 4.74 Å². The Hall–Kier alpha value is -3.56. The van der Waals surface area contributed by atoms with Crippen molar-refractivity contribution in [1.82, 2.24) is 9.97 Å². The summed E-state index contributed by atoms with van der Waals surface area (Å²) < 4.78 is 15.9. The summed E-state index contributed by atoms with van der Waals surface area (Å²) in [6, 6.07) is 12.0. The SMILES string of the molecule is COc1ccc(NC(=O)Nc2ccc(-c3nc(Cl)c(C)c(N4CCOCC4)n3)cc2)cc1OC. The largest absolute Gasteiger partial charge is 0.493 e. The molecule has 0 unspecified atom stereocenters. The summed E-state index contributed by atoms with van der Waals surface area (Å²) in [5.41, 5.74) is 2.83. The molecule has 0 aliphatic carbocycles. The van der Waals surface area contributed by atoms with E-state index in [0.717, 1.165) is 30.0 Å². The maximum absolute atomic E-state index is 12.4. The smallest absolute Gasteiger partial charge is 0.323 e. The summed E-state index contributed by atoms with van der Waals surface area (Å²) in [5.74, 6) is 2.45. The van der Waals surface area contributed by atoms with E-state index in [1.54, 1.807) is 37.4 Å². The molecule has 178 valence electrons. The second kappa shape index (κ2) is 10.6. The van der Waals surface area contributed by atoms with E-state index in [-0.39, 0.29) is 6.03 Å². The zero-order valence-electron chi connectivity index (χ0n) is 19.2. The fourth-order valence-electron chi connectivity index (χ4n) is 3.60. The van der Waals surface area contributed by atoms with Gasteiger partial charge in [0.1, 0.15) is 11.0 Å². The van der Waals surface area contributed by atoms with Crippen LogP contribution >= 0.6 is 11.6 Å². The molecule has 0 radical (unpaired) electrons. The molecular weight excluding hydrogens is 458 g/mol. The van der Waals surface area contributed by atoms with Gasteiger partial charge in [-0.15, -0.1) is 0 Å². The van der Waals surface area contributed by atoms with Gasteiger partial charge in [0.15, 0.2) is 17.3 Å². The van der Waals surface area contributed by atoms with Crippen LogP contribution in [0.25, 0.3) is 11.4 Å². The number of aromatic nitrogens is 2. The van der Waals surface area contributed by atoms with Crippen molar-refractivity contribution >= 4 is 34.8 Å². The summed E-state index contributed by atoms with van der Waals surface area (Å²) in [4.78, 5) is 23.8. The first-order chi connectivity index (χ1) is 16.5. The van der Waals surface area contributed by atoms with Crippen molar-refractivity contribution in [3.63, 3.8) is 0 Å².